The first-order valence-corrected chi connectivity index (χ1v) is 7.47. The minimum atomic E-state index is -0.939. The van der Waals surface area contributed by atoms with Gasteiger partial charge in [-0.3, -0.25) is 4.79 Å². The summed E-state index contributed by atoms with van der Waals surface area (Å²) in [5.74, 6) is -0.287. The number of halogens is 1. The quantitative estimate of drug-likeness (QED) is 0.621. The van der Waals surface area contributed by atoms with Crippen LogP contribution in [0, 0.1) is 0 Å². The summed E-state index contributed by atoms with van der Waals surface area (Å²) in [4.78, 5) is 23.9. The van der Waals surface area contributed by atoms with Crippen molar-refractivity contribution in [3.63, 3.8) is 0 Å². The van der Waals surface area contributed by atoms with Gasteiger partial charge in [-0.1, -0.05) is 11.6 Å². The van der Waals surface area contributed by atoms with Crippen LogP contribution >= 0.6 is 11.6 Å². The maximum atomic E-state index is 12.1. The Labute approximate surface area is 138 Å². The second-order valence-corrected chi connectivity index (χ2v) is 5.22. The number of nitrogens with one attached hydrogen (secondary N) is 1. The maximum Gasteiger partial charge on any atom is 0.339 e. The van der Waals surface area contributed by atoms with Crippen molar-refractivity contribution >= 4 is 23.5 Å². The van der Waals surface area contributed by atoms with Gasteiger partial charge in [0.25, 0.3) is 5.91 Å². The van der Waals surface area contributed by atoms with Crippen LogP contribution < -0.4 is 14.8 Å². The molecule has 0 aromatic heterocycles. The van der Waals surface area contributed by atoms with E-state index in [9.17, 15) is 9.59 Å². The molecule has 1 aliphatic heterocycles. The first-order chi connectivity index (χ1) is 11.0. The van der Waals surface area contributed by atoms with Crippen molar-refractivity contribution in [2.45, 2.75) is 13.0 Å². The fourth-order valence-corrected chi connectivity index (χ4v) is 2.20. The fraction of sp³-hybridized carbons (Fsp3) is 0.467. The lowest BCUT2D eigenvalue weighted by molar-refractivity contribution is -0.129. The molecule has 2 rings (SSSR count). The topological polar surface area (TPSA) is 83.1 Å². The predicted octanol–water partition coefficient (Wildman–Crippen LogP) is 1.42. The molecule has 1 aromatic carbocycles. The van der Waals surface area contributed by atoms with Gasteiger partial charge in [0.15, 0.2) is 17.6 Å². The molecule has 1 amide bonds. The highest BCUT2D eigenvalue weighted by atomic mass is 35.5. The van der Waals surface area contributed by atoms with Crippen LogP contribution in [0.3, 0.4) is 0 Å². The number of carbonyl (C=O) groups is 2. The number of hydrogen-bond acceptors (Lipinski definition) is 6. The van der Waals surface area contributed by atoms with Crippen molar-refractivity contribution in [1.29, 1.82) is 0 Å². The van der Waals surface area contributed by atoms with Crippen molar-refractivity contribution in [2.24, 2.45) is 0 Å². The molecule has 1 aromatic rings. The summed E-state index contributed by atoms with van der Waals surface area (Å²) in [6.45, 7) is 2.98. The number of esters is 1. The third-order valence-electron chi connectivity index (χ3n) is 3.09. The minimum Gasteiger partial charge on any atom is -0.486 e. The zero-order valence-electron chi connectivity index (χ0n) is 12.9. The summed E-state index contributed by atoms with van der Waals surface area (Å²) in [7, 11) is 1.53. The van der Waals surface area contributed by atoms with Crippen molar-refractivity contribution in [1.82, 2.24) is 5.32 Å². The summed E-state index contributed by atoms with van der Waals surface area (Å²) in [6, 6.07) is 2.91. The van der Waals surface area contributed by atoms with Crippen LogP contribution in [0.2, 0.25) is 5.02 Å². The molecular weight excluding hydrogens is 326 g/mol. The number of benzene rings is 1. The number of hydrogen-bond donors (Lipinski definition) is 1. The zero-order valence-corrected chi connectivity index (χ0v) is 13.6. The second kappa shape index (κ2) is 8.03. The third-order valence-corrected chi connectivity index (χ3v) is 3.37. The second-order valence-electron chi connectivity index (χ2n) is 4.81. The van der Waals surface area contributed by atoms with Gasteiger partial charge in [-0.2, -0.15) is 0 Å². The summed E-state index contributed by atoms with van der Waals surface area (Å²) < 4.78 is 20.7. The zero-order chi connectivity index (χ0) is 16.8. The van der Waals surface area contributed by atoms with Crippen LogP contribution in [0.4, 0.5) is 0 Å². The molecule has 1 heterocycles. The van der Waals surface area contributed by atoms with Gasteiger partial charge in [-0.15, -0.1) is 0 Å². The molecule has 1 atom stereocenters. The number of fused-ring (bicyclic) bond motifs is 1. The van der Waals surface area contributed by atoms with Crippen molar-refractivity contribution in [3.8, 4) is 11.5 Å². The highest BCUT2D eigenvalue weighted by Crippen LogP contribution is 2.38. The van der Waals surface area contributed by atoms with E-state index in [2.05, 4.69) is 5.32 Å². The first-order valence-electron chi connectivity index (χ1n) is 7.09. The maximum absolute atomic E-state index is 12.1. The Bertz CT molecular complexity index is 592. The molecule has 0 unspecified atom stereocenters. The highest BCUT2D eigenvalue weighted by Gasteiger charge is 2.23. The molecule has 1 N–H and O–H groups in total. The SMILES string of the molecule is COCCNC(=O)[C@@H](C)OC(=O)c1cc(Cl)c2c(c1)OCCO2. The summed E-state index contributed by atoms with van der Waals surface area (Å²) in [6.07, 6.45) is -0.939. The van der Waals surface area contributed by atoms with Gasteiger partial charge in [-0.25, -0.2) is 4.79 Å². The van der Waals surface area contributed by atoms with Gasteiger partial charge in [0.1, 0.15) is 13.2 Å². The van der Waals surface area contributed by atoms with E-state index in [0.29, 0.717) is 37.9 Å². The van der Waals surface area contributed by atoms with E-state index in [0.717, 1.165) is 0 Å². The van der Waals surface area contributed by atoms with E-state index in [1.165, 1.54) is 26.2 Å². The molecule has 0 radical (unpaired) electrons. The molecule has 1 aliphatic rings. The largest absolute Gasteiger partial charge is 0.486 e. The molecule has 0 aliphatic carbocycles. The van der Waals surface area contributed by atoms with Crippen molar-refractivity contribution in [2.75, 3.05) is 33.5 Å². The normalized spacial score (nSPS) is 14.0. The number of rotatable bonds is 6. The average Bonchev–Trinajstić information content (AvgIpc) is 2.54. The van der Waals surface area contributed by atoms with E-state index in [4.69, 9.17) is 30.5 Å². The molecule has 0 saturated carbocycles. The Morgan fingerprint density at radius 3 is 2.83 bits per heavy atom. The number of methoxy groups -OCH3 is 1. The van der Waals surface area contributed by atoms with Crippen LogP contribution in [0.1, 0.15) is 17.3 Å². The summed E-state index contributed by atoms with van der Waals surface area (Å²) in [5, 5.41) is 2.85. The van der Waals surface area contributed by atoms with E-state index in [-0.39, 0.29) is 10.6 Å². The van der Waals surface area contributed by atoms with E-state index in [1.807, 2.05) is 0 Å². The molecule has 126 valence electrons. The van der Waals surface area contributed by atoms with E-state index >= 15 is 0 Å². The highest BCUT2D eigenvalue weighted by molar-refractivity contribution is 6.32. The summed E-state index contributed by atoms with van der Waals surface area (Å²) >= 11 is 6.07. The summed E-state index contributed by atoms with van der Waals surface area (Å²) in [5.41, 5.74) is 0.191. The predicted molar refractivity (Wildman–Crippen MR) is 82.2 cm³/mol. The van der Waals surface area contributed by atoms with E-state index < -0.39 is 18.0 Å². The van der Waals surface area contributed by atoms with E-state index in [1.54, 1.807) is 0 Å². The Balaban J connectivity index is 2.00. The van der Waals surface area contributed by atoms with Crippen LogP contribution in [0.25, 0.3) is 0 Å². The third kappa shape index (κ3) is 4.49. The molecule has 0 bridgehead atoms. The molecule has 23 heavy (non-hydrogen) atoms. The molecule has 0 saturated heterocycles. The Morgan fingerprint density at radius 1 is 1.35 bits per heavy atom. The van der Waals surface area contributed by atoms with Gasteiger partial charge in [-0.05, 0) is 19.1 Å². The molecule has 8 heteroatoms. The lowest BCUT2D eigenvalue weighted by atomic mass is 10.2. The first kappa shape index (κ1) is 17.4. The van der Waals surface area contributed by atoms with Crippen LogP contribution in [0.5, 0.6) is 11.5 Å². The Kier molecular flexibility index (Phi) is 6.06. The van der Waals surface area contributed by atoms with Gasteiger partial charge in [0.2, 0.25) is 0 Å². The van der Waals surface area contributed by atoms with Crippen LogP contribution in [0.15, 0.2) is 12.1 Å². The van der Waals surface area contributed by atoms with Gasteiger partial charge >= 0.3 is 5.97 Å². The lowest BCUT2D eigenvalue weighted by Crippen LogP contribution is -2.37. The van der Waals surface area contributed by atoms with Gasteiger partial charge in [0, 0.05) is 13.7 Å². The average molecular weight is 344 g/mol. The van der Waals surface area contributed by atoms with Crippen molar-refractivity contribution in [3.05, 3.63) is 22.7 Å². The number of amides is 1. The monoisotopic (exact) mass is 343 g/mol. The number of carbonyl (C=O) groups excluding carboxylic acids is 2. The Morgan fingerprint density at radius 2 is 2.09 bits per heavy atom. The van der Waals surface area contributed by atoms with Gasteiger partial charge in [0.05, 0.1) is 17.2 Å². The smallest absolute Gasteiger partial charge is 0.339 e. The van der Waals surface area contributed by atoms with Crippen molar-refractivity contribution < 1.29 is 28.5 Å². The molecule has 0 spiro atoms. The lowest BCUT2D eigenvalue weighted by Gasteiger charge is -2.20. The van der Waals surface area contributed by atoms with Gasteiger partial charge < -0.3 is 24.3 Å². The Hall–Kier alpha value is -1.99. The van der Waals surface area contributed by atoms with Crippen LogP contribution in [-0.4, -0.2) is 51.5 Å². The number of ether oxygens (including phenoxy) is 4. The van der Waals surface area contributed by atoms with Crippen LogP contribution in [-0.2, 0) is 14.3 Å². The standard InChI is InChI=1S/C15H18ClNO6/c1-9(14(18)17-3-4-20-2)23-15(19)10-7-11(16)13-12(8-10)21-5-6-22-13/h7-9H,3-6H2,1-2H3,(H,17,18)/t9-/m1/s1. The molecule has 7 nitrogen and oxygen atoms in total. The minimum absolute atomic E-state index is 0.191. The molecule has 0 fully saturated rings. The fourth-order valence-electron chi connectivity index (χ4n) is 1.93. The molecular formula is C15H18ClNO6.